The van der Waals surface area contributed by atoms with Gasteiger partial charge in [0.25, 0.3) is 5.91 Å². The van der Waals surface area contributed by atoms with E-state index < -0.39 is 5.60 Å². The number of morpholine rings is 1. The minimum atomic E-state index is -1.12. The second-order valence-corrected chi connectivity index (χ2v) is 9.62. The molecule has 0 unspecified atom stereocenters. The largest absolute Gasteiger partial charge is 0.361 e. The van der Waals surface area contributed by atoms with Crippen LogP contribution in [-0.2, 0) is 27.3 Å². The molecular weight excluding hydrogens is 439 g/mol. The maximum absolute atomic E-state index is 13.8. The summed E-state index contributed by atoms with van der Waals surface area (Å²) in [6, 6.07) is 20.0. The van der Waals surface area contributed by atoms with E-state index in [9.17, 15) is 14.0 Å². The van der Waals surface area contributed by atoms with Gasteiger partial charge in [-0.3, -0.25) is 9.59 Å². The molecule has 2 aliphatic rings. The van der Waals surface area contributed by atoms with Crippen molar-refractivity contribution in [2.75, 3.05) is 26.2 Å². The fourth-order valence-electron chi connectivity index (χ4n) is 4.89. The molecule has 3 aromatic rings. The average molecular weight is 465 g/mol. The first-order valence-electron chi connectivity index (χ1n) is 11.1. The van der Waals surface area contributed by atoms with E-state index in [2.05, 4.69) is 0 Å². The van der Waals surface area contributed by atoms with Gasteiger partial charge in [0.1, 0.15) is 5.82 Å². The Bertz CT molecular complexity index is 1140. The highest BCUT2D eigenvalue weighted by atomic mass is 32.1. The van der Waals surface area contributed by atoms with Crippen molar-refractivity contribution in [2.24, 2.45) is 0 Å². The van der Waals surface area contributed by atoms with E-state index in [4.69, 9.17) is 4.74 Å². The molecule has 2 aromatic carbocycles. The third-order valence-corrected chi connectivity index (χ3v) is 7.35. The van der Waals surface area contributed by atoms with Crippen molar-refractivity contribution in [3.05, 3.63) is 93.9 Å². The maximum Gasteiger partial charge on any atom is 0.257 e. The average Bonchev–Trinajstić information content (AvgIpc) is 3.43. The number of amides is 2. The second kappa shape index (κ2) is 9.08. The van der Waals surface area contributed by atoms with Crippen molar-refractivity contribution < 1.29 is 18.7 Å². The number of hydrogen-bond acceptors (Lipinski definition) is 4. The van der Waals surface area contributed by atoms with E-state index in [0.717, 1.165) is 10.4 Å². The van der Waals surface area contributed by atoms with E-state index in [1.807, 2.05) is 52.7 Å². The van der Waals surface area contributed by atoms with Crippen LogP contribution in [0, 0.1) is 5.82 Å². The lowest BCUT2D eigenvalue weighted by molar-refractivity contribution is -0.167. The minimum absolute atomic E-state index is 0.0759. The third-order valence-electron chi connectivity index (χ3n) is 6.49. The van der Waals surface area contributed by atoms with Crippen LogP contribution in [0.2, 0.25) is 0 Å². The summed E-state index contributed by atoms with van der Waals surface area (Å²) in [5, 5.41) is 2.00. The molecule has 0 radical (unpaired) electrons. The number of rotatable bonds is 5. The monoisotopic (exact) mass is 464 g/mol. The SMILES string of the molecule is O=C(Cc1cccc(F)c1)N1CCO[C@]2(C1)C(=O)N(Cc1cccs1)C[C@@H]2c1ccccc1. The Morgan fingerprint density at radius 1 is 1.12 bits per heavy atom. The van der Waals surface area contributed by atoms with Crippen LogP contribution in [0.5, 0.6) is 0 Å². The topological polar surface area (TPSA) is 49.9 Å². The highest BCUT2D eigenvalue weighted by Crippen LogP contribution is 2.42. The molecule has 0 bridgehead atoms. The minimum Gasteiger partial charge on any atom is -0.361 e. The molecule has 0 N–H and O–H groups in total. The molecule has 2 aliphatic heterocycles. The van der Waals surface area contributed by atoms with Gasteiger partial charge in [-0.25, -0.2) is 4.39 Å². The van der Waals surface area contributed by atoms with Crippen LogP contribution in [-0.4, -0.2) is 53.5 Å². The van der Waals surface area contributed by atoms with Gasteiger partial charge in [-0.05, 0) is 34.7 Å². The van der Waals surface area contributed by atoms with Crippen molar-refractivity contribution in [1.82, 2.24) is 9.80 Å². The quantitative estimate of drug-likeness (QED) is 0.576. The number of likely N-dealkylation sites (tertiary alicyclic amines) is 1. The maximum atomic E-state index is 13.8. The highest BCUT2D eigenvalue weighted by molar-refractivity contribution is 7.09. The molecular formula is C26H25FN2O3S. The summed E-state index contributed by atoms with van der Waals surface area (Å²) in [6.45, 7) is 1.96. The number of halogens is 1. The molecule has 0 aliphatic carbocycles. The molecule has 7 heteroatoms. The zero-order chi connectivity index (χ0) is 22.8. The van der Waals surface area contributed by atoms with Crippen LogP contribution in [0.15, 0.2) is 72.1 Å². The zero-order valence-electron chi connectivity index (χ0n) is 18.2. The molecule has 2 amide bonds. The van der Waals surface area contributed by atoms with Gasteiger partial charge >= 0.3 is 0 Å². The first-order chi connectivity index (χ1) is 16.0. The zero-order valence-corrected chi connectivity index (χ0v) is 19.0. The van der Waals surface area contributed by atoms with E-state index in [-0.39, 0.29) is 43.1 Å². The normalized spacial score (nSPS) is 22.8. The van der Waals surface area contributed by atoms with Gasteiger partial charge in [-0.1, -0.05) is 48.5 Å². The van der Waals surface area contributed by atoms with Crippen molar-refractivity contribution in [2.45, 2.75) is 24.5 Å². The smallest absolute Gasteiger partial charge is 0.257 e. The van der Waals surface area contributed by atoms with E-state index in [1.54, 1.807) is 28.4 Å². The number of hydrogen-bond donors (Lipinski definition) is 0. The predicted octanol–water partition coefficient (Wildman–Crippen LogP) is 3.85. The first kappa shape index (κ1) is 21.8. The Morgan fingerprint density at radius 3 is 2.73 bits per heavy atom. The lowest BCUT2D eigenvalue weighted by Crippen LogP contribution is -2.59. The Kier molecular flexibility index (Phi) is 6.00. The summed E-state index contributed by atoms with van der Waals surface area (Å²) >= 11 is 1.62. The van der Waals surface area contributed by atoms with Crippen LogP contribution in [0.4, 0.5) is 4.39 Å². The van der Waals surface area contributed by atoms with Crippen LogP contribution >= 0.6 is 11.3 Å². The van der Waals surface area contributed by atoms with Crippen LogP contribution in [0.3, 0.4) is 0 Å². The van der Waals surface area contributed by atoms with Crippen LogP contribution in [0.1, 0.15) is 21.9 Å². The Labute approximate surface area is 196 Å². The summed E-state index contributed by atoms with van der Waals surface area (Å²) in [4.78, 5) is 31.6. The first-order valence-corrected chi connectivity index (χ1v) is 12.0. The fourth-order valence-corrected chi connectivity index (χ4v) is 5.61. The number of nitrogens with zero attached hydrogens (tertiary/aromatic N) is 2. The van der Waals surface area contributed by atoms with Crippen molar-refractivity contribution in [1.29, 1.82) is 0 Å². The number of ether oxygens (including phenoxy) is 1. The van der Waals surface area contributed by atoms with Gasteiger partial charge in [0.15, 0.2) is 5.60 Å². The second-order valence-electron chi connectivity index (χ2n) is 8.59. The molecule has 33 heavy (non-hydrogen) atoms. The fraction of sp³-hybridized carbons (Fsp3) is 0.308. The van der Waals surface area contributed by atoms with E-state index in [0.29, 0.717) is 25.2 Å². The highest BCUT2D eigenvalue weighted by Gasteiger charge is 2.58. The van der Waals surface area contributed by atoms with Crippen LogP contribution < -0.4 is 0 Å². The predicted molar refractivity (Wildman–Crippen MR) is 124 cm³/mol. The Balaban J connectivity index is 1.42. The number of carbonyl (C=O) groups excluding carboxylic acids is 2. The molecule has 1 aromatic heterocycles. The molecule has 5 rings (SSSR count). The summed E-state index contributed by atoms with van der Waals surface area (Å²) in [5.41, 5.74) is 0.533. The molecule has 5 nitrogen and oxygen atoms in total. The van der Waals surface area contributed by atoms with E-state index >= 15 is 0 Å². The lowest BCUT2D eigenvalue weighted by atomic mass is 9.83. The summed E-state index contributed by atoms with van der Waals surface area (Å²) in [7, 11) is 0. The molecule has 2 saturated heterocycles. The van der Waals surface area contributed by atoms with Crippen LogP contribution in [0.25, 0.3) is 0 Å². The van der Waals surface area contributed by atoms with Gasteiger partial charge in [0.2, 0.25) is 5.91 Å². The molecule has 2 fully saturated rings. The van der Waals surface area contributed by atoms with Crippen molar-refractivity contribution in [3.8, 4) is 0 Å². The molecule has 170 valence electrons. The lowest BCUT2D eigenvalue weighted by Gasteiger charge is -2.42. The Hall–Kier alpha value is -3.03. The standard InChI is InChI=1S/C26H25FN2O3S/c27-21-9-4-6-19(14-21)15-24(30)28-11-12-32-26(18-28)23(20-7-2-1-3-8-20)17-29(25(26)31)16-22-10-5-13-33-22/h1-10,13-14,23H,11-12,15-18H2/t23-,26+/m1/s1. The number of carbonyl (C=O) groups is 2. The number of benzene rings is 2. The van der Waals surface area contributed by atoms with Gasteiger partial charge in [0, 0.05) is 23.9 Å². The van der Waals surface area contributed by atoms with Gasteiger partial charge in [-0.2, -0.15) is 0 Å². The van der Waals surface area contributed by atoms with Gasteiger partial charge in [-0.15, -0.1) is 11.3 Å². The number of thiophene rings is 1. The molecule has 0 saturated carbocycles. The van der Waals surface area contributed by atoms with E-state index in [1.165, 1.54) is 12.1 Å². The summed E-state index contributed by atoms with van der Waals surface area (Å²) in [5.74, 6) is -0.749. The van der Waals surface area contributed by atoms with Gasteiger partial charge in [0.05, 0.1) is 26.1 Å². The van der Waals surface area contributed by atoms with Crippen molar-refractivity contribution in [3.63, 3.8) is 0 Å². The Morgan fingerprint density at radius 2 is 1.97 bits per heavy atom. The summed E-state index contributed by atoms with van der Waals surface area (Å²) in [6.07, 6.45) is 0.0942. The molecule has 1 spiro atoms. The summed E-state index contributed by atoms with van der Waals surface area (Å²) < 4.78 is 19.9. The van der Waals surface area contributed by atoms with Gasteiger partial charge < -0.3 is 14.5 Å². The third kappa shape index (κ3) is 4.30. The molecule has 2 atom stereocenters. The molecule has 3 heterocycles. The van der Waals surface area contributed by atoms with Crippen molar-refractivity contribution >= 4 is 23.2 Å².